The minimum absolute atomic E-state index is 0.356. The molecule has 32 heavy (non-hydrogen) atoms. The van der Waals surface area contributed by atoms with Gasteiger partial charge in [-0.3, -0.25) is 4.90 Å². The van der Waals surface area contributed by atoms with Gasteiger partial charge in [-0.05, 0) is 68.0 Å². The monoisotopic (exact) mass is 435 g/mol. The average molecular weight is 435 g/mol. The van der Waals surface area contributed by atoms with Crippen molar-refractivity contribution >= 4 is 17.7 Å². The van der Waals surface area contributed by atoms with Crippen LogP contribution in [0.15, 0.2) is 48.7 Å². The molecule has 3 aromatic heterocycles. The molecule has 0 unspecified atom stereocenters. The van der Waals surface area contributed by atoms with Crippen LogP contribution in [0.4, 0.5) is 20.8 Å². The minimum atomic E-state index is -0.547. The number of nitrogens with one attached hydrogen (secondary N) is 1. The maximum Gasteiger partial charge on any atom is 0.416 e. The number of ether oxygens (including phenoxy) is 1. The van der Waals surface area contributed by atoms with E-state index in [1.165, 1.54) is 6.07 Å². The molecule has 1 amide bonds. The number of carbonyl (C=O) groups excluding carboxylic acids is 1. The number of rotatable bonds is 5. The van der Waals surface area contributed by atoms with Crippen molar-refractivity contribution in [1.82, 2.24) is 25.4 Å². The topological polar surface area (TPSA) is 106 Å². The van der Waals surface area contributed by atoms with Crippen LogP contribution in [0.2, 0.25) is 0 Å². The highest BCUT2D eigenvalue weighted by molar-refractivity contribution is 5.89. The maximum absolute atomic E-state index is 13.3. The van der Waals surface area contributed by atoms with Crippen molar-refractivity contribution in [3.05, 3.63) is 54.6 Å². The molecule has 2 fully saturated rings. The Morgan fingerprint density at radius 3 is 2.66 bits per heavy atom. The molecule has 1 saturated heterocycles. The standard InChI is InChI=1S/C22H22FN7O2/c23-18-4-1-3-16(26-18)17-6-7-19(28-27-17)24-13-15-8-10-22(11-9-15)14-30(21(31)32-22)20-5-2-12-25-29-20/h1-7,12,15H,8-11,13-14H2,(H,24,28)/t15-,22-. The summed E-state index contributed by atoms with van der Waals surface area (Å²) in [4.78, 5) is 17.8. The maximum atomic E-state index is 13.3. The molecular weight excluding hydrogens is 413 g/mol. The number of amides is 1. The molecule has 0 atom stereocenters. The van der Waals surface area contributed by atoms with E-state index in [0.717, 1.165) is 32.2 Å². The zero-order valence-electron chi connectivity index (χ0n) is 17.3. The van der Waals surface area contributed by atoms with Crippen LogP contribution < -0.4 is 10.2 Å². The molecule has 1 N–H and O–H groups in total. The Morgan fingerprint density at radius 1 is 1.06 bits per heavy atom. The van der Waals surface area contributed by atoms with Gasteiger partial charge in [0.25, 0.3) is 0 Å². The molecule has 2 aliphatic rings. The Kier molecular flexibility index (Phi) is 5.34. The summed E-state index contributed by atoms with van der Waals surface area (Å²) >= 11 is 0. The minimum Gasteiger partial charge on any atom is -0.441 e. The van der Waals surface area contributed by atoms with Crippen LogP contribution in [0.5, 0.6) is 0 Å². The summed E-state index contributed by atoms with van der Waals surface area (Å²) in [7, 11) is 0. The summed E-state index contributed by atoms with van der Waals surface area (Å²) in [5, 5.41) is 19.5. The molecule has 0 radical (unpaired) electrons. The van der Waals surface area contributed by atoms with Gasteiger partial charge in [0.2, 0.25) is 5.95 Å². The number of aromatic nitrogens is 5. The largest absolute Gasteiger partial charge is 0.441 e. The van der Waals surface area contributed by atoms with Crippen molar-refractivity contribution in [3.8, 4) is 11.4 Å². The Bertz CT molecular complexity index is 1090. The summed E-state index contributed by atoms with van der Waals surface area (Å²) in [5.74, 6) is 1.07. The molecule has 10 heteroatoms. The second-order valence-electron chi connectivity index (χ2n) is 8.19. The van der Waals surface area contributed by atoms with E-state index < -0.39 is 11.5 Å². The number of pyridine rings is 1. The fourth-order valence-electron chi connectivity index (χ4n) is 4.27. The van der Waals surface area contributed by atoms with Crippen molar-refractivity contribution in [2.75, 3.05) is 23.3 Å². The highest BCUT2D eigenvalue weighted by atomic mass is 19.1. The zero-order chi connectivity index (χ0) is 22.0. The number of hydrogen-bond acceptors (Lipinski definition) is 8. The van der Waals surface area contributed by atoms with E-state index in [2.05, 4.69) is 30.7 Å². The normalized spacial score (nSPS) is 22.7. The van der Waals surface area contributed by atoms with Gasteiger partial charge in [-0.15, -0.1) is 15.3 Å². The fourth-order valence-corrected chi connectivity index (χ4v) is 4.27. The van der Waals surface area contributed by atoms with Crippen LogP contribution in [0, 0.1) is 11.9 Å². The van der Waals surface area contributed by atoms with Crippen molar-refractivity contribution < 1.29 is 13.9 Å². The Morgan fingerprint density at radius 2 is 1.94 bits per heavy atom. The summed E-state index contributed by atoms with van der Waals surface area (Å²) in [6, 6.07) is 11.7. The lowest BCUT2D eigenvalue weighted by molar-refractivity contribution is 0.0148. The van der Waals surface area contributed by atoms with Gasteiger partial charge in [0.15, 0.2) is 5.82 Å². The molecule has 4 heterocycles. The molecule has 164 valence electrons. The first-order valence-electron chi connectivity index (χ1n) is 10.6. The second kappa shape index (κ2) is 8.45. The third kappa shape index (κ3) is 4.20. The predicted octanol–water partition coefficient (Wildman–Crippen LogP) is 3.47. The first kappa shape index (κ1) is 20.2. The number of carbonyl (C=O) groups is 1. The van der Waals surface area contributed by atoms with Gasteiger partial charge < -0.3 is 10.1 Å². The van der Waals surface area contributed by atoms with Crippen molar-refractivity contribution in [2.24, 2.45) is 5.92 Å². The van der Waals surface area contributed by atoms with Crippen molar-refractivity contribution in [1.29, 1.82) is 0 Å². The fraction of sp³-hybridized carbons (Fsp3) is 0.364. The van der Waals surface area contributed by atoms with Crippen LogP contribution in [0.1, 0.15) is 25.7 Å². The lowest BCUT2D eigenvalue weighted by atomic mass is 9.78. The van der Waals surface area contributed by atoms with Gasteiger partial charge >= 0.3 is 6.09 Å². The lowest BCUT2D eigenvalue weighted by Gasteiger charge is -2.35. The smallest absolute Gasteiger partial charge is 0.416 e. The van der Waals surface area contributed by atoms with Crippen LogP contribution in [0.3, 0.4) is 0 Å². The highest BCUT2D eigenvalue weighted by Gasteiger charge is 2.48. The number of hydrogen-bond donors (Lipinski definition) is 1. The van der Waals surface area contributed by atoms with Crippen LogP contribution in [-0.4, -0.2) is 50.2 Å². The average Bonchev–Trinajstić information content (AvgIpc) is 3.15. The Hall–Kier alpha value is -3.69. The summed E-state index contributed by atoms with van der Waals surface area (Å²) < 4.78 is 19.1. The molecular formula is C22H22FN7O2. The third-order valence-corrected chi connectivity index (χ3v) is 6.04. The second-order valence-corrected chi connectivity index (χ2v) is 8.19. The molecule has 9 nitrogen and oxygen atoms in total. The van der Waals surface area contributed by atoms with Crippen molar-refractivity contribution in [3.63, 3.8) is 0 Å². The first-order valence-corrected chi connectivity index (χ1v) is 10.6. The SMILES string of the molecule is O=C1O[C@]2(CC[C@H](CNc3ccc(-c4cccc(F)n4)nn3)CC2)CN1c1cccnn1. The van der Waals surface area contributed by atoms with E-state index in [1.807, 2.05) is 6.07 Å². The summed E-state index contributed by atoms with van der Waals surface area (Å²) in [6.07, 6.45) is 4.70. The lowest BCUT2D eigenvalue weighted by Crippen LogP contribution is -2.39. The first-order chi connectivity index (χ1) is 15.6. The van der Waals surface area contributed by atoms with Crippen LogP contribution >= 0.6 is 0 Å². The number of nitrogens with zero attached hydrogens (tertiary/aromatic N) is 6. The van der Waals surface area contributed by atoms with Crippen LogP contribution in [0.25, 0.3) is 11.4 Å². The molecule has 1 spiro atoms. The van der Waals surface area contributed by atoms with E-state index in [-0.39, 0.29) is 6.09 Å². The van der Waals surface area contributed by atoms with E-state index in [9.17, 15) is 9.18 Å². The van der Waals surface area contributed by atoms with Gasteiger partial charge in [-0.2, -0.15) is 9.49 Å². The summed E-state index contributed by atoms with van der Waals surface area (Å²) in [5.41, 5.74) is 0.512. The summed E-state index contributed by atoms with van der Waals surface area (Å²) in [6.45, 7) is 1.26. The molecule has 1 aliphatic carbocycles. The van der Waals surface area contributed by atoms with Gasteiger partial charge in [0, 0.05) is 12.7 Å². The van der Waals surface area contributed by atoms with Gasteiger partial charge in [0.1, 0.15) is 17.1 Å². The third-order valence-electron chi connectivity index (χ3n) is 6.04. The van der Waals surface area contributed by atoms with Crippen molar-refractivity contribution in [2.45, 2.75) is 31.3 Å². The highest BCUT2D eigenvalue weighted by Crippen LogP contribution is 2.40. The van der Waals surface area contributed by atoms with Crippen LogP contribution in [-0.2, 0) is 4.74 Å². The molecule has 1 saturated carbocycles. The number of halogens is 1. The van der Waals surface area contributed by atoms with E-state index >= 15 is 0 Å². The quantitative estimate of drug-likeness (QED) is 0.608. The molecule has 5 rings (SSSR count). The van der Waals surface area contributed by atoms with Gasteiger partial charge in [-0.1, -0.05) is 6.07 Å². The van der Waals surface area contributed by atoms with E-state index in [4.69, 9.17) is 4.74 Å². The zero-order valence-corrected chi connectivity index (χ0v) is 17.3. The van der Waals surface area contributed by atoms with E-state index in [1.54, 1.807) is 41.4 Å². The molecule has 1 aliphatic heterocycles. The molecule has 0 bridgehead atoms. The van der Waals surface area contributed by atoms with Gasteiger partial charge in [-0.25, -0.2) is 9.78 Å². The number of anilines is 2. The molecule has 3 aromatic rings. The molecule has 0 aromatic carbocycles. The predicted molar refractivity (Wildman–Crippen MR) is 114 cm³/mol. The Labute approximate surface area is 184 Å². The Balaban J connectivity index is 1.14. The van der Waals surface area contributed by atoms with E-state index in [0.29, 0.717) is 35.5 Å². The van der Waals surface area contributed by atoms with Gasteiger partial charge in [0.05, 0.1) is 12.2 Å².